The molecular weight excluding hydrogens is 376 g/mol. The van der Waals surface area contributed by atoms with Crippen molar-refractivity contribution >= 4 is 23.5 Å². The molecule has 9 heteroatoms. The Morgan fingerprint density at radius 1 is 1.24 bits per heavy atom. The summed E-state index contributed by atoms with van der Waals surface area (Å²) in [6, 6.07) is 11.8. The van der Waals surface area contributed by atoms with Gasteiger partial charge in [-0.3, -0.25) is 4.79 Å². The van der Waals surface area contributed by atoms with Crippen LogP contribution in [0, 0.1) is 0 Å². The fourth-order valence-corrected chi connectivity index (χ4v) is 3.03. The topological polar surface area (TPSA) is 140 Å². The molecule has 1 heterocycles. The monoisotopic (exact) mass is 398 g/mol. The number of nitrogens with zero attached hydrogens (tertiary/aromatic N) is 2. The van der Waals surface area contributed by atoms with E-state index in [9.17, 15) is 14.7 Å². The van der Waals surface area contributed by atoms with Crippen LogP contribution in [0.1, 0.15) is 27.6 Å². The van der Waals surface area contributed by atoms with Crippen molar-refractivity contribution < 1.29 is 24.2 Å². The highest BCUT2D eigenvalue weighted by Crippen LogP contribution is 2.29. The number of aliphatic hydroxyl groups is 1. The summed E-state index contributed by atoms with van der Waals surface area (Å²) in [6.07, 6.45) is -0.875. The smallest absolute Gasteiger partial charge is 0.343 e. The first-order valence-corrected chi connectivity index (χ1v) is 8.87. The Balaban J connectivity index is 1.63. The summed E-state index contributed by atoms with van der Waals surface area (Å²) in [5.41, 5.74) is 13.3. The van der Waals surface area contributed by atoms with Gasteiger partial charge in [0.25, 0.3) is 5.91 Å². The van der Waals surface area contributed by atoms with Gasteiger partial charge in [-0.25, -0.2) is 9.79 Å². The number of guanidine groups is 1. The van der Waals surface area contributed by atoms with Crippen LogP contribution in [0.3, 0.4) is 0 Å². The van der Waals surface area contributed by atoms with E-state index in [2.05, 4.69) is 9.73 Å². The molecule has 2 aromatic carbocycles. The van der Waals surface area contributed by atoms with Crippen LogP contribution in [0.4, 0.5) is 5.69 Å². The van der Waals surface area contributed by atoms with Crippen LogP contribution in [0.2, 0.25) is 0 Å². The third-order valence-electron chi connectivity index (χ3n) is 4.47. The summed E-state index contributed by atoms with van der Waals surface area (Å²) in [5, 5.41) is 10.5. The minimum Gasteiger partial charge on any atom is -0.482 e. The molecule has 0 radical (unpaired) electrons. The number of nitrogens with two attached hydrogens (primary N) is 2. The summed E-state index contributed by atoms with van der Waals surface area (Å²) in [5.74, 6) is -0.221. The summed E-state index contributed by atoms with van der Waals surface area (Å²) in [6.45, 7) is 0.299. The third kappa shape index (κ3) is 4.82. The average molecular weight is 398 g/mol. The van der Waals surface area contributed by atoms with Crippen LogP contribution in [0.25, 0.3) is 0 Å². The predicted molar refractivity (Wildman–Crippen MR) is 106 cm³/mol. The first-order chi connectivity index (χ1) is 13.9. The quantitative estimate of drug-likeness (QED) is 0.356. The maximum atomic E-state index is 12.6. The Hall–Kier alpha value is -3.59. The second kappa shape index (κ2) is 8.61. The van der Waals surface area contributed by atoms with Gasteiger partial charge in [-0.2, -0.15) is 0 Å². The number of benzene rings is 2. The van der Waals surface area contributed by atoms with E-state index in [0.717, 1.165) is 5.56 Å². The minimum atomic E-state index is -0.875. The van der Waals surface area contributed by atoms with Crippen molar-refractivity contribution in [1.29, 1.82) is 0 Å². The van der Waals surface area contributed by atoms with Gasteiger partial charge in [-0.15, -0.1) is 0 Å². The molecule has 1 atom stereocenters. The summed E-state index contributed by atoms with van der Waals surface area (Å²) in [4.78, 5) is 29.3. The Labute approximate surface area is 167 Å². The Morgan fingerprint density at radius 3 is 2.62 bits per heavy atom. The van der Waals surface area contributed by atoms with E-state index in [1.54, 1.807) is 47.4 Å². The van der Waals surface area contributed by atoms with Crippen molar-refractivity contribution in [2.24, 2.45) is 16.5 Å². The highest BCUT2D eigenvalue weighted by Gasteiger charge is 2.29. The zero-order valence-corrected chi connectivity index (χ0v) is 15.9. The number of rotatable bonds is 7. The molecule has 5 N–H and O–H groups in total. The van der Waals surface area contributed by atoms with Crippen LogP contribution in [0.15, 0.2) is 47.5 Å². The summed E-state index contributed by atoms with van der Waals surface area (Å²) >= 11 is 0. The number of aliphatic imine (C=N–C) groups is 1. The number of hydrogen-bond donors (Lipinski definition) is 3. The number of esters is 1. The van der Waals surface area contributed by atoms with E-state index in [1.807, 2.05) is 0 Å². The molecule has 1 unspecified atom stereocenters. The SMILES string of the molecule is COC(=O)COc1ccc(C(O)CN2Cc3cc(N=C(N)N)ccc3C2=O)cc1. The van der Waals surface area contributed by atoms with Gasteiger partial charge in [-0.05, 0) is 41.5 Å². The molecule has 0 saturated carbocycles. The van der Waals surface area contributed by atoms with Crippen LogP contribution in [-0.2, 0) is 16.1 Å². The number of carbonyl (C=O) groups is 2. The molecule has 1 aliphatic rings. The lowest BCUT2D eigenvalue weighted by molar-refractivity contribution is -0.142. The Bertz CT molecular complexity index is 938. The zero-order chi connectivity index (χ0) is 21.0. The third-order valence-corrected chi connectivity index (χ3v) is 4.47. The van der Waals surface area contributed by atoms with Crippen LogP contribution >= 0.6 is 0 Å². The highest BCUT2D eigenvalue weighted by molar-refractivity contribution is 5.98. The molecule has 0 aliphatic carbocycles. The van der Waals surface area contributed by atoms with E-state index in [4.69, 9.17) is 16.2 Å². The molecule has 0 saturated heterocycles. The largest absolute Gasteiger partial charge is 0.482 e. The standard InChI is InChI=1S/C20H22N4O5/c1-28-18(26)11-29-15-5-2-12(3-6-15)17(25)10-24-9-13-8-14(23-20(21)22)4-7-16(13)19(24)27/h2-8,17,25H,9-11H2,1H3,(H4,21,22,23). The molecule has 3 rings (SSSR count). The van der Waals surface area contributed by atoms with Gasteiger partial charge >= 0.3 is 5.97 Å². The van der Waals surface area contributed by atoms with Gasteiger partial charge < -0.3 is 30.9 Å². The maximum absolute atomic E-state index is 12.6. The molecule has 152 valence electrons. The zero-order valence-electron chi connectivity index (χ0n) is 15.9. The molecule has 1 amide bonds. The number of β-amino-alcohol motifs (C(OH)–C–C–N with tert-alkyl or cyclic N) is 1. The number of ether oxygens (including phenoxy) is 2. The van der Waals surface area contributed by atoms with Crippen molar-refractivity contribution in [3.8, 4) is 5.75 Å². The molecule has 1 aliphatic heterocycles. The lowest BCUT2D eigenvalue weighted by Crippen LogP contribution is -2.29. The molecule has 9 nitrogen and oxygen atoms in total. The van der Waals surface area contributed by atoms with Gasteiger partial charge in [0.15, 0.2) is 12.6 Å². The minimum absolute atomic E-state index is 0.0550. The van der Waals surface area contributed by atoms with Crippen LogP contribution < -0.4 is 16.2 Å². The van der Waals surface area contributed by atoms with Crippen molar-refractivity contribution in [3.63, 3.8) is 0 Å². The summed E-state index contributed by atoms with van der Waals surface area (Å²) in [7, 11) is 1.28. The van der Waals surface area contributed by atoms with E-state index in [0.29, 0.717) is 29.1 Å². The lowest BCUT2D eigenvalue weighted by atomic mass is 10.1. The molecule has 29 heavy (non-hydrogen) atoms. The van der Waals surface area contributed by atoms with Gasteiger partial charge in [-0.1, -0.05) is 12.1 Å². The maximum Gasteiger partial charge on any atom is 0.343 e. The normalized spacial score (nSPS) is 13.6. The van der Waals surface area contributed by atoms with Crippen molar-refractivity contribution in [3.05, 3.63) is 59.2 Å². The van der Waals surface area contributed by atoms with Crippen molar-refractivity contribution in [1.82, 2.24) is 4.90 Å². The second-order valence-corrected chi connectivity index (χ2v) is 6.51. The molecule has 2 aromatic rings. The van der Waals surface area contributed by atoms with Crippen molar-refractivity contribution in [2.45, 2.75) is 12.6 Å². The van der Waals surface area contributed by atoms with Crippen molar-refractivity contribution in [2.75, 3.05) is 20.3 Å². The van der Waals surface area contributed by atoms with Gasteiger partial charge in [0.05, 0.1) is 25.4 Å². The Kier molecular flexibility index (Phi) is 5.99. The van der Waals surface area contributed by atoms with E-state index < -0.39 is 12.1 Å². The molecule has 0 aromatic heterocycles. The second-order valence-electron chi connectivity index (χ2n) is 6.51. The van der Waals surface area contributed by atoms with E-state index in [-0.39, 0.29) is 25.0 Å². The lowest BCUT2D eigenvalue weighted by Gasteiger charge is -2.20. The number of methoxy groups -OCH3 is 1. The van der Waals surface area contributed by atoms with E-state index >= 15 is 0 Å². The fraction of sp³-hybridized carbons (Fsp3) is 0.250. The molecular formula is C20H22N4O5. The van der Waals surface area contributed by atoms with Gasteiger partial charge in [0.1, 0.15) is 5.75 Å². The molecule has 0 bridgehead atoms. The van der Waals surface area contributed by atoms with Crippen LogP contribution in [0.5, 0.6) is 5.75 Å². The van der Waals surface area contributed by atoms with Crippen LogP contribution in [-0.4, -0.2) is 48.1 Å². The predicted octanol–water partition coefficient (Wildman–Crippen LogP) is 0.833. The van der Waals surface area contributed by atoms with Gasteiger partial charge in [0, 0.05) is 12.1 Å². The molecule has 0 fully saturated rings. The number of amides is 1. The van der Waals surface area contributed by atoms with Gasteiger partial charge in [0.2, 0.25) is 0 Å². The number of fused-ring (bicyclic) bond motifs is 1. The Morgan fingerprint density at radius 2 is 1.97 bits per heavy atom. The number of hydrogen-bond acceptors (Lipinski definition) is 6. The first kappa shape index (κ1) is 20.2. The molecule has 0 spiro atoms. The average Bonchev–Trinajstić information content (AvgIpc) is 3.00. The number of carbonyl (C=O) groups excluding carboxylic acids is 2. The van der Waals surface area contributed by atoms with E-state index in [1.165, 1.54) is 7.11 Å². The summed E-state index contributed by atoms with van der Waals surface area (Å²) < 4.78 is 9.79. The number of aliphatic hydroxyl groups excluding tert-OH is 1. The first-order valence-electron chi connectivity index (χ1n) is 8.87. The fourth-order valence-electron chi connectivity index (χ4n) is 3.03. The highest BCUT2D eigenvalue weighted by atomic mass is 16.6.